The summed E-state index contributed by atoms with van der Waals surface area (Å²) in [6, 6.07) is 10.9. The van der Waals surface area contributed by atoms with E-state index >= 15 is 0 Å². The number of hydrogen-bond acceptors (Lipinski definition) is 4. The van der Waals surface area contributed by atoms with E-state index in [9.17, 15) is 8.42 Å². The van der Waals surface area contributed by atoms with Gasteiger partial charge in [0.1, 0.15) is 5.75 Å². The summed E-state index contributed by atoms with van der Waals surface area (Å²) in [5.41, 5.74) is 0. The first kappa shape index (κ1) is 17.2. The standard InChI is InChI=1S/C18H24N2O3S/c1-19-13-14-9-11-20(12-10-14)24(21,22)18-8-7-17(23-2)15-5-3-4-6-16(15)18/h3-8,14,19H,9-13H2,1-2H3. The van der Waals surface area contributed by atoms with E-state index in [2.05, 4.69) is 5.32 Å². The molecule has 6 heteroatoms. The molecule has 1 aliphatic heterocycles. The molecular formula is C18H24N2O3S. The third-order valence-corrected chi connectivity index (χ3v) is 6.70. The third-order valence-electron chi connectivity index (χ3n) is 4.75. The maximum Gasteiger partial charge on any atom is 0.243 e. The largest absolute Gasteiger partial charge is 0.496 e. The van der Waals surface area contributed by atoms with Crippen LogP contribution in [0.2, 0.25) is 0 Å². The van der Waals surface area contributed by atoms with E-state index in [0.717, 1.165) is 24.8 Å². The molecule has 0 bridgehead atoms. The topological polar surface area (TPSA) is 58.6 Å². The molecule has 130 valence electrons. The molecule has 1 N–H and O–H groups in total. The molecule has 1 fully saturated rings. The van der Waals surface area contributed by atoms with Crippen molar-refractivity contribution < 1.29 is 13.2 Å². The highest BCUT2D eigenvalue weighted by atomic mass is 32.2. The van der Waals surface area contributed by atoms with E-state index in [-0.39, 0.29) is 0 Å². The molecule has 1 aliphatic rings. The minimum Gasteiger partial charge on any atom is -0.496 e. The fourth-order valence-electron chi connectivity index (χ4n) is 3.43. The molecular weight excluding hydrogens is 324 g/mol. The van der Waals surface area contributed by atoms with Gasteiger partial charge in [0, 0.05) is 23.9 Å². The minimum atomic E-state index is -3.49. The number of piperidine rings is 1. The van der Waals surface area contributed by atoms with Gasteiger partial charge in [-0.15, -0.1) is 0 Å². The summed E-state index contributed by atoms with van der Waals surface area (Å²) in [4.78, 5) is 0.367. The van der Waals surface area contributed by atoms with Crippen molar-refractivity contribution >= 4 is 20.8 Å². The number of nitrogens with zero attached hydrogens (tertiary/aromatic N) is 1. The van der Waals surface area contributed by atoms with Gasteiger partial charge in [-0.2, -0.15) is 4.31 Å². The molecule has 0 unspecified atom stereocenters. The molecule has 0 saturated carbocycles. The average molecular weight is 348 g/mol. The van der Waals surface area contributed by atoms with Crippen molar-refractivity contribution in [2.45, 2.75) is 17.7 Å². The van der Waals surface area contributed by atoms with Crippen molar-refractivity contribution in [3.8, 4) is 5.75 Å². The minimum absolute atomic E-state index is 0.367. The SMILES string of the molecule is CNCC1CCN(S(=O)(=O)c2ccc(OC)c3ccccc23)CC1. The van der Waals surface area contributed by atoms with Gasteiger partial charge in [0.05, 0.1) is 12.0 Å². The normalized spacial score (nSPS) is 17.2. The summed E-state index contributed by atoms with van der Waals surface area (Å²) in [6.07, 6.45) is 1.79. The second-order valence-corrected chi connectivity index (χ2v) is 8.12. The number of rotatable bonds is 5. The fraction of sp³-hybridized carbons (Fsp3) is 0.444. The van der Waals surface area contributed by atoms with Crippen molar-refractivity contribution in [2.75, 3.05) is 33.8 Å². The van der Waals surface area contributed by atoms with Crippen LogP contribution in [0.15, 0.2) is 41.3 Å². The highest BCUT2D eigenvalue weighted by Crippen LogP contribution is 2.33. The number of sulfonamides is 1. The molecule has 0 aliphatic carbocycles. The first-order valence-electron chi connectivity index (χ1n) is 8.28. The smallest absolute Gasteiger partial charge is 0.243 e. The zero-order chi connectivity index (χ0) is 17.2. The molecule has 2 aromatic rings. The van der Waals surface area contributed by atoms with Crippen molar-refractivity contribution in [3.05, 3.63) is 36.4 Å². The Morgan fingerprint density at radius 1 is 1.12 bits per heavy atom. The molecule has 0 atom stereocenters. The van der Waals surface area contributed by atoms with Crippen LogP contribution in [0.25, 0.3) is 10.8 Å². The van der Waals surface area contributed by atoms with Gasteiger partial charge >= 0.3 is 0 Å². The molecule has 0 spiro atoms. The number of nitrogens with one attached hydrogen (secondary N) is 1. The van der Waals surface area contributed by atoms with Crippen molar-refractivity contribution in [2.24, 2.45) is 5.92 Å². The van der Waals surface area contributed by atoms with E-state index in [1.54, 1.807) is 23.5 Å². The highest BCUT2D eigenvalue weighted by Gasteiger charge is 2.30. The molecule has 3 rings (SSSR count). The van der Waals surface area contributed by atoms with Crippen molar-refractivity contribution in [1.82, 2.24) is 9.62 Å². The van der Waals surface area contributed by atoms with Gasteiger partial charge in [0.2, 0.25) is 10.0 Å². The van der Waals surface area contributed by atoms with Crippen LogP contribution in [-0.2, 0) is 10.0 Å². The summed E-state index contributed by atoms with van der Waals surface area (Å²) in [7, 11) is 0.0422. The molecule has 0 radical (unpaired) electrons. The van der Waals surface area contributed by atoms with Gasteiger partial charge in [-0.1, -0.05) is 24.3 Å². The van der Waals surface area contributed by atoms with Crippen LogP contribution in [0.5, 0.6) is 5.75 Å². The Labute approximate surface area is 143 Å². The second kappa shape index (κ2) is 7.09. The lowest BCUT2D eigenvalue weighted by molar-refractivity contribution is 0.271. The predicted octanol–water partition coefficient (Wildman–Crippen LogP) is 2.47. The molecule has 24 heavy (non-hydrogen) atoms. The quantitative estimate of drug-likeness (QED) is 0.902. The summed E-state index contributed by atoms with van der Waals surface area (Å²) in [6.45, 7) is 2.10. The molecule has 1 saturated heterocycles. The van der Waals surface area contributed by atoms with Gasteiger partial charge < -0.3 is 10.1 Å². The first-order chi connectivity index (χ1) is 11.6. The van der Waals surface area contributed by atoms with Crippen LogP contribution in [0.1, 0.15) is 12.8 Å². The Morgan fingerprint density at radius 2 is 1.79 bits per heavy atom. The molecule has 1 heterocycles. The summed E-state index contributed by atoms with van der Waals surface area (Å²) in [5, 5.41) is 4.72. The van der Waals surface area contributed by atoms with E-state index in [0.29, 0.717) is 35.0 Å². The third kappa shape index (κ3) is 3.14. The van der Waals surface area contributed by atoms with E-state index in [1.807, 2.05) is 31.3 Å². The van der Waals surface area contributed by atoms with Crippen LogP contribution in [0.4, 0.5) is 0 Å². The highest BCUT2D eigenvalue weighted by molar-refractivity contribution is 7.89. The van der Waals surface area contributed by atoms with Gasteiger partial charge in [0.15, 0.2) is 0 Å². The maximum absolute atomic E-state index is 13.1. The van der Waals surface area contributed by atoms with Crippen LogP contribution in [0, 0.1) is 5.92 Å². The van der Waals surface area contributed by atoms with Crippen LogP contribution < -0.4 is 10.1 Å². The van der Waals surface area contributed by atoms with E-state index in [4.69, 9.17) is 4.74 Å². The molecule has 0 amide bonds. The lowest BCUT2D eigenvalue weighted by Gasteiger charge is -2.31. The van der Waals surface area contributed by atoms with E-state index < -0.39 is 10.0 Å². The first-order valence-corrected chi connectivity index (χ1v) is 9.72. The Hall–Kier alpha value is -1.63. The summed E-state index contributed by atoms with van der Waals surface area (Å²) < 4.78 is 33.3. The Morgan fingerprint density at radius 3 is 2.42 bits per heavy atom. The van der Waals surface area contributed by atoms with E-state index in [1.165, 1.54) is 0 Å². The van der Waals surface area contributed by atoms with Gasteiger partial charge in [0.25, 0.3) is 0 Å². The number of hydrogen-bond donors (Lipinski definition) is 1. The average Bonchev–Trinajstić information content (AvgIpc) is 2.61. The predicted molar refractivity (Wildman–Crippen MR) is 95.9 cm³/mol. The fourth-order valence-corrected chi connectivity index (χ4v) is 5.09. The van der Waals surface area contributed by atoms with Crippen molar-refractivity contribution in [3.63, 3.8) is 0 Å². The second-order valence-electron chi connectivity index (χ2n) is 6.22. The molecule has 5 nitrogen and oxygen atoms in total. The molecule has 0 aromatic heterocycles. The van der Waals surface area contributed by atoms with Gasteiger partial charge in [-0.3, -0.25) is 0 Å². The van der Waals surface area contributed by atoms with Crippen LogP contribution >= 0.6 is 0 Å². The zero-order valence-corrected chi connectivity index (χ0v) is 15.0. The number of benzene rings is 2. The van der Waals surface area contributed by atoms with Crippen molar-refractivity contribution in [1.29, 1.82) is 0 Å². The number of fused-ring (bicyclic) bond motifs is 1. The maximum atomic E-state index is 13.1. The Kier molecular flexibility index (Phi) is 5.08. The summed E-state index contributed by atoms with van der Waals surface area (Å²) >= 11 is 0. The lowest BCUT2D eigenvalue weighted by atomic mass is 9.98. The monoisotopic (exact) mass is 348 g/mol. The Bertz CT molecular complexity index is 812. The van der Waals surface area contributed by atoms with Crippen LogP contribution in [-0.4, -0.2) is 46.5 Å². The van der Waals surface area contributed by atoms with Gasteiger partial charge in [-0.25, -0.2) is 8.42 Å². The van der Waals surface area contributed by atoms with Gasteiger partial charge in [-0.05, 0) is 44.5 Å². The number of methoxy groups -OCH3 is 1. The van der Waals surface area contributed by atoms with Crippen LogP contribution in [0.3, 0.4) is 0 Å². The zero-order valence-electron chi connectivity index (χ0n) is 14.2. The summed E-state index contributed by atoms with van der Waals surface area (Å²) in [5.74, 6) is 1.24. The lowest BCUT2D eigenvalue weighted by Crippen LogP contribution is -2.40. The number of ether oxygens (including phenoxy) is 1. The Balaban J connectivity index is 1.95. The molecule has 2 aromatic carbocycles.